The summed E-state index contributed by atoms with van der Waals surface area (Å²) >= 11 is 0. The lowest BCUT2D eigenvalue weighted by Gasteiger charge is -2.08. The van der Waals surface area contributed by atoms with Crippen molar-refractivity contribution in [3.05, 3.63) is 59.4 Å². The summed E-state index contributed by atoms with van der Waals surface area (Å²) in [6.45, 7) is 3.78. The smallest absolute Gasteiger partial charge is 0.251 e. The molecule has 0 aliphatic carbocycles. The molecule has 0 saturated carbocycles. The third-order valence-electron chi connectivity index (χ3n) is 3.00. The molecule has 2 rings (SSSR count). The van der Waals surface area contributed by atoms with E-state index < -0.39 is 0 Å². The lowest BCUT2D eigenvalue weighted by molar-refractivity contribution is -0.114. The Balaban J connectivity index is 1.97. The summed E-state index contributed by atoms with van der Waals surface area (Å²) in [5.41, 5.74) is 3.09. The molecule has 0 radical (unpaired) electrons. The number of pyridine rings is 1. The van der Waals surface area contributed by atoms with Crippen LogP contribution in [0.1, 0.15) is 28.5 Å². The number of amides is 2. The minimum Gasteiger partial charge on any atom is -0.346 e. The second-order valence-electron chi connectivity index (χ2n) is 4.71. The molecule has 108 valence electrons. The number of carbonyl (C=O) groups excluding carboxylic acids is 2. The zero-order valence-corrected chi connectivity index (χ0v) is 12.0. The largest absolute Gasteiger partial charge is 0.346 e. The van der Waals surface area contributed by atoms with Gasteiger partial charge in [0.15, 0.2) is 0 Å². The quantitative estimate of drug-likeness (QED) is 0.904. The van der Waals surface area contributed by atoms with E-state index in [1.54, 1.807) is 30.5 Å². The molecule has 0 fully saturated rings. The van der Waals surface area contributed by atoms with E-state index in [4.69, 9.17) is 0 Å². The normalized spacial score (nSPS) is 10.0. The maximum absolute atomic E-state index is 12.0. The summed E-state index contributed by atoms with van der Waals surface area (Å²) in [6, 6.07) is 10.6. The fraction of sp³-hybridized carbons (Fsp3) is 0.188. The van der Waals surface area contributed by atoms with Crippen molar-refractivity contribution in [1.82, 2.24) is 10.3 Å². The van der Waals surface area contributed by atoms with Crippen LogP contribution in [-0.2, 0) is 11.3 Å². The Hall–Kier alpha value is -2.69. The molecule has 21 heavy (non-hydrogen) atoms. The minimum atomic E-state index is -0.172. The predicted molar refractivity (Wildman–Crippen MR) is 80.9 cm³/mol. The highest BCUT2D eigenvalue weighted by molar-refractivity contribution is 5.95. The number of nitrogens with one attached hydrogen (secondary N) is 2. The number of aryl methyl sites for hydroxylation is 1. The van der Waals surface area contributed by atoms with Gasteiger partial charge in [0.2, 0.25) is 5.91 Å². The number of benzene rings is 1. The fourth-order valence-electron chi connectivity index (χ4n) is 1.88. The monoisotopic (exact) mass is 283 g/mol. The van der Waals surface area contributed by atoms with Gasteiger partial charge in [-0.25, -0.2) is 0 Å². The van der Waals surface area contributed by atoms with Crippen molar-refractivity contribution in [2.24, 2.45) is 0 Å². The molecular formula is C16H17N3O2. The first-order valence-corrected chi connectivity index (χ1v) is 6.62. The van der Waals surface area contributed by atoms with Gasteiger partial charge in [0.25, 0.3) is 5.91 Å². The Morgan fingerprint density at radius 1 is 1.14 bits per heavy atom. The molecule has 0 spiro atoms. The zero-order chi connectivity index (χ0) is 15.2. The SMILES string of the molecule is CC(=O)Nc1ccc(C(=O)NCc2ncccc2C)cc1. The predicted octanol–water partition coefficient (Wildman–Crippen LogP) is 2.28. The maximum Gasteiger partial charge on any atom is 0.251 e. The summed E-state index contributed by atoms with van der Waals surface area (Å²) in [5, 5.41) is 5.48. The molecule has 2 amide bonds. The van der Waals surface area contributed by atoms with Crippen molar-refractivity contribution in [2.45, 2.75) is 20.4 Å². The molecule has 2 aromatic rings. The van der Waals surface area contributed by atoms with Crippen LogP contribution in [0.4, 0.5) is 5.69 Å². The van der Waals surface area contributed by atoms with E-state index in [9.17, 15) is 9.59 Å². The molecule has 0 aliphatic heterocycles. The van der Waals surface area contributed by atoms with Gasteiger partial charge in [-0.3, -0.25) is 14.6 Å². The number of rotatable bonds is 4. The number of aromatic nitrogens is 1. The van der Waals surface area contributed by atoms with Crippen molar-refractivity contribution < 1.29 is 9.59 Å². The van der Waals surface area contributed by atoms with E-state index in [-0.39, 0.29) is 11.8 Å². The molecule has 5 heteroatoms. The molecule has 0 unspecified atom stereocenters. The average Bonchev–Trinajstić information content (AvgIpc) is 2.46. The van der Waals surface area contributed by atoms with Crippen LogP contribution in [0.15, 0.2) is 42.6 Å². The Labute approximate surface area is 123 Å². The van der Waals surface area contributed by atoms with Crippen molar-refractivity contribution in [2.75, 3.05) is 5.32 Å². The lowest BCUT2D eigenvalue weighted by Crippen LogP contribution is -2.23. The van der Waals surface area contributed by atoms with Crippen molar-refractivity contribution in [3.63, 3.8) is 0 Å². The van der Waals surface area contributed by atoms with Crippen LogP contribution in [0.25, 0.3) is 0 Å². The van der Waals surface area contributed by atoms with Crippen LogP contribution < -0.4 is 10.6 Å². The van der Waals surface area contributed by atoms with Gasteiger partial charge in [-0.15, -0.1) is 0 Å². The number of hydrogen-bond acceptors (Lipinski definition) is 3. The van der Waals surface area contributed by atoms with Gasteiger partial charge in [0, 0.05) is 24.4 Å². The maximum atomic E-state index is 12.0. The van der Waals surface area contributed by atoms with Crippen LogP contribution in [-0.4, -0.2) is 16.8 Å². The Kier molecular flexibility index (Phi) is 4.66. The van der Waals surface area contributed by atoms with Gasteiger partial charge in [0.1, 0.15) is 0 Å². The molecule has 1 aromatic heterocycles. The summed E-state index contributed by atoms with van der Waals surface area (Å²) < 4.78 is 0. The van der Waals surface area contributed by atoms with Gasteiger partial charge >= 0.3 is 0 Å². The number of carbonyl (C=O) groups is 2. The van der Waals surface area contributed by atoms with Crippen LogP contribution in [0.5, 0.6) is 0 Å². The van der Waals surface area contributed by atoms with Crippen molar-refractivity contribution in [3.8, 4) is 0 Å². The second kappa shape index (κ2) is 6.65. The number of hydrogen-bond donors (Lipinski definition) is 2. The Bertz CT molecular complexity index is 651. The van der Waals surface area contributed by atoms with Crippen LogP contribution in [0.3, 0.4) is 0 Å². The fourth-order valence-corrected chi connectivity index (χ4v) is 1.88. The lowest BCUT2D eigenvalue weighted by atomic mass is 10.2. The summed E-state index contributed by atoms with van der Waals surface area (Å²) in [6.07, 6.45) is 1.71. The van der Waals surface area contributed by atoms with E-state index in [1.165, 1.54) is 6.92 Å². The molecule has 1 aromatic carbocycles. The van der Waals surface area contributed by atoms with Gasteiger partial charge < -0.3 is 10.6 Å². The highest BCUT2D eigenvalue weighted by Gasteiger charge is 2.07. The third kappa shape index (κ3) is 4.14. The summed E-state index contributed by atoms with van der Waals surface area (Å²) in [7, 11) is 0. The molecule has 1 heterocycles. The minimum absolute atomic E-state index is 0.141. The molecule has 5 nitrogen and oxygen atoms in total. The van der Waals surface area contributed by atoms with E-state index in [2.05, 4.69) is 15.6 Å². The first-order chi connectivity index (χ1) is 10.1. The average molecular weight is 283 g/mol. The van der Waals surface area contributed by atoms with Crippen molar-refractivity contribution in [1.29, 1.82) is 0 Å². The summed E-state index contributed by atoms with van der Waals surface area (Å²) in [5.74, 6) is -0.313. The van der Waals surface area contributed by atoms with E-state index in [1.807, 2.05) is 19.1 Å². The molecular weight excluding hydrogens is 266 g/mol. The molecule has 0 aliphatic rings. The Morgan fingerprint density at radius 2 is 1.86 bits per heavy atom. The number of anilines is 1. The van der Waals surface area contributed by atoms with Gasteiger partial charge in [-0.1, -0.05) is 6.07 Å². The first kappa shape index (κ1) is 14.7. The van der Waals surface area contributed by atoms with Crippen LogP contribution >= 0.6 is 0 Å². The zero-order valence-electron chi connectivity index (χ0n) is 12.0. The van der Waals surface area contributed by atoms with E-state index in [0.29, 0.717) is 17.8 Å². The van der Waals surface area contributed by atoms with Gasteiger partial charge in [0.05, 0.1) is 12.2 Å². The number of nitrogens with zero attached hydrogens (tertiary/aromatic N) is 1. The van der Waals surface area contributed by atoms with Crippen LogP contribution in [0.2, 0.25) is 0 Å². The van der Waals surface area contributed by atoms with Gasteiger partial charge in [-0.05, 0) is 42.8 Å². The van der Waals surface area contributed by atoms with Crippen LogP contribution in [0, 0.1) is 6.92 Å². The third-order valence-corrected chi connectivity index (χ3v) is 3.00. The van der Waals surface area contributed by atoms with E-state index >= 15 is 0 Å². The topological polar surface area (TPSA) is 71.1 Å². The molecule has 0 saturated heterocycles. The van der Waals surface area contributed by atoms with E-state index in [0.717, 1.165) is 11.3 Å². The highest BCUT2D eigenvalue weighted by atomic mass is 16.2. The highest BCUT2D eigenvalue weighted by Crippen LogP contribution is 2.10. The molecule has 2 N–H and O–H groups in total. The molecule has 0 atom stereocenters. The summed E-state index contributed by atoms with van der Waals surface area (Å²) in [4.78, 5) is 27.2. The second-order valence-corrected chi connectivity index (χ2v) is 4.71. The van der Waals surface area contributed by atoms with Crippen molar-refractivity contribution >= 4 is 17.5 Å². The molecule has 0 bridgehead atoms. The van der Waals surface area contributed by atoms with Gasteiger partial charge in [-0.2, -0.15) is 0 Å². The standard InChI is InChI=1S/C16H17N3O2/c1-11-4-3-9-17-15(11)10-18-16(21)13-5-7-14(8-6-13)19-12(2)20/h3-9H,10H2,1-2H3,(H,18,21)(H,19,20). The first-order valence-electron chi connectivity index (χ1n) is 6.62. The Morgan fingerprint density at radius 3 is 2.48 bits per heavy atom.